The van der Waals surface area contributed by atoms with Crippen molar-refractivity contribution in [3.63, 3.8) is 0 Å². The van der Waals surface area contributed by atoms with Crippen molar-refractivity contribution in [3.8, 4) is 5.69 Å². The lowest BCUT2D eigenvalue weighted by atomic mass is 10.2. The van der Waals surface area contributed by atoms with E-state index in [-0.39, 0.29) is 12.4 Å². The summed E-state index contributed by atoms with van der Waals surface area (Å²) in [6, 6.07) is 10.3. The van der Waals surface area contributed by atoms with Gasteiger partial charge in [0, 0.05) is 12.0 Å². The largest absolute Gasteiger partial charge is 0.384 e. The van der Waals surface area contributed by atoms with Crippen LogP contribution in [0.15, 0.2) is 30.3 Å². The molecule has 3 rings (SSSR count). The second-order valence-electron chi connectivity index (χ2n) is 4.52. The first-order chi connectivity index (χ1) is 7.74. The molecule has 4 heteroatoms. The predicted molar refractivity (Wildman–Crippen MR) is 71.9 cm³/mol. The number of halogens is 1. The van der Waals surface area contributed by atoms with E-state index in [1.54, 1.807) is 0 Å². The Morgan fingerprint density at radius 3 is 2.47 bits per heavy atom. The molecule has 2 aromatic rings. The Morgan fingerprint density at radius 1 is 1.24 bits per heavy atom. The van der Waals surface area contributed by atoms with Gasteiger partial charge in [-0.1, -0.05) is 17.7 Å². The highest BCUT2D eigenvalue weighted by molar-refractivity contribution is 5.85. The number of aromatic nitrogens is 2. The Balaban J connectivity index is 0.00000108. The number of aryl methyl sites for hydroxylation is 1. The highest BCUT2D eigenvalue weighted by Gasteiger charge is 2.27. The van der Waals surface area contributed by atoms with Crippen LogP contribution in [0.5, 0.6) is 0 Å². The van der Waals surface area contributed by atoms with Crippen molar-refractivity contribution in [3.05, 3.63) is 41.6 Å². The number of hydrogen-bond acceptors (Lipinski definition) is 2. The maximum Gasteiger partial charge on any atom is 0.127 e. The van der Waals surface area contributed by atoms with Gasteiger partial charge in [-0.05, 0) is 31.9 Å². The molecule has 0 aliphatic heterocycles. The molecule has 3 nitrogen and oxygen atoms in total. The molecule has 0 saturated heterocycles. The van der Waals surface area contributed by atoms with E-state index in [2.05, 4.69) is 36.3 Å². The molecule has 2 N–H and O–H groups in total. The number of hydrogen-bond donors (Lipinski definition) is 1. The fourth-order valence-corrected chi connectivity index (χ4v) is 1.89. The van der Waals surface area contributed by atoms with Gasteiger partial charge in [0.2, 0.25) is 0 Å². The summed E-state index contributed by atoms with van der Waals surface area (Å²) in [6.45, 7) is 2.08. The van der Waals surface area contributed by atoms with Crippen LogP contribution in [0.3, 0.4) is 0 Å². The Bertz CT molecular complexity index is 512. The summed E-state index contributed by atoms with van der Waals surface area (Å²) >= 11 is 0. The van der Waals surface area contributed by atoms with Gasteiger partial charge in [0.1, 0.15) is 5.82 Å². The molecule has 1 fully saturated rings. The van der Waals surface area contributed by atoms with Gasteiger partial charge in [0.25, 0.3) is 0 Å². The number of anilines is 1. The van der Waals surface area contributed by atoms with Crippen molar-refractivity contribution in [1.29, 1.82) is 0 Å². The minimum Gasteiger partial charge on any atom is -0.384 e. The quantitative estimate of drug-likeness (QED) is 0.889. The third-order valence-corrected chi connectivity index (χ3v) is 3.03. The van der Waals surface area contributed by atoms with Crippen molar-refractivity contribution < 1.29 is 0 Å². The number of nitrogens with two attached hydrogens (primary N) is 1. The van der Waals surface area contributed by atoms with E-state index >= 15 is 0 Å². The Hall–Kier alpha value is -1.48. The van der Waals surface area contributed by atoms with Crippen molar-refractivity contribution >= 4 is 18.2 Å². The first-order valence-electron chi connectivity index (χ1n) is 5.66. The zero-order chi connectivity index (χ0) is 11.1. The van der Waals surface area contributed by atoms with Crippen LogP contribution < -0.4 is 5.73 Å². The van der Waals surface area contributed by atoms with E-state index < -0.39 is 0 Å². The van der Waals surface area contributed by atoms with Crippen molar-refractivity contribution in [2.24, 2.45) is 0 Å². The number of nitrogens with zero attached hydrogens (tertiary/aromatic N) is 2. The molecule has 0 atom stereocenters. The van der Waals surface area contributed by atoms with Gasteiger partial charge >= 0.3 is 0 Å². The average molecular weight is 250 g/mol. The predicted octanol–water partition coefficient (Wildman–Crippen LogP) is 3.06. The monoisotopic (exact) mass is 249 g/mol. The normalized spacial score (nSPS) is 14.4. The first-order valence-corrected chi connectivity index (χ1v) is 5.66. The Labute approximate surface area is 107 Å². The molecule has 0 bridgehead atoms. The van der Waals surface area contributed by atoms with Crippen LogP contribution in [0.25, 0.3) is 5.69 Å². The Kier molecular flexibility index (Phi) is 3.11. The second kappa shape index (κ2) is 4.41. The number of benzene rings is 1. The van der Waals surface area contributed by atoms with Gasteiger partial charge in [-0.15, -0.1) is 12.4 Å². The van der Waals surface area contributed by atoms with Crippen LogP contribution in [0.2, 0.25) is 0 Å². The zero-order valence-electron chi connectivity index (χ0n) is 9.76. The molecule has 0 radical (unpaired) electrons. The summed E-state index contributed by atoms with van der Waals surface area (Å²) in [5.41, 5.74) is 9.40. The lowest BCUT2D eigenvalue weighted by molar-refractivity contribution is 0.844. The molecular weight excluding hydrogens is 234 g/mol. The van der Waals surface area contributed by atoms with Gasteiger partial charge in [-0.2, -0.15) is 5.10 Å². The summed E-state index contributed by atoms with van der Waals surface area (Å²) in [6.07, 6.45) is 2.51. The zero-order valence-corrected chi connectivity index (χ0v) is 10.6. The third kappa shape index (κ3) is 2.29. The summed E-state index contributed by atoms with van der Waals surface area (Å²) in [7, 11) is 0. The highest BCUT2D eigenvalue weighted by atomic mass is 35.5. The van der Waals surface area contributed by atoms with Crippen molar-refractivity contribution in [2.75, 3.05) is 5.73 Å². The molecule has 0 unspecified atom stereocenters. The topological polar surface area (TPSA) is 43.8 Å². The molecule has 1 heterocycles. The first kappa shape index (κ1) is 12.0. The van der Waals surface area contributed by atoms with Gasteiger partial charge in [0.05, 0.1) is 11.4 Å². The average Bonchev–Trinajstić information content (AvgIpc) is 3.04. The van der Waals surface area contributed by atoms with Gasteiger partial charge in [-0.3, -0.25) is 0 Å². The molecule has 1 saturated carbocycles. The summed E-state index contributed by atoms with van der Waals surface area (Å²) in [5, 5.41) is 4.56. The lowest BCUT2D eigenvalue weighted by Crippen LogP contribution is -2.01. The van der Waals surface area contributed by atoms with Crippen LogP contribution in [0, 0.1) is 6.92 Å². The second-order valence-corrected chi connectivity index (χ2v) is 4.52. The SMILES string of the molecule is Cc1ccc(-n2nc(C3CC3)cc2N)cc1.Cl. The van der Waals surface area contributed by atoms with Crippen LogP contribution in [0.1, 0.15) is 30.0 Å². The minimum absolute atomic E-state index is 0. The standard InChI is InChI=1S/C13H15N3.ClH/c1-9-2-6-11(7-3-9)16-13(14)8-12(15-16)10-4-5-10;/h2-3,6-8,10H,4-5,14H2,1H3;1H. The molecule has 17 heavy (non-hydrogen) atoms. The summed E-state index contributed by atoms with van der Waals surface area (Å²) < 4.78 is 1.83. The molecule has 0 amide bonds. The molecule has 1 aliphatic rings. The third-order valence-electron chi connectivity index (χ3n) is 3.03. The maximum atomic E-state index is 5.98. The van der Waals surface area contributed by atoms with Crippen molar-refractivity contribution in [2.45, 2.75) is 25.7 Å². The number of rotatable bonds is 2. The lowest BCUT2D eigenvalue weighted by Gasteiger charge is -2.03. The smallest absolute Gasteiger partial charge is 0.127 e. The van der Waals surface area contributed by atoms with E-state index in [0.29, 0.717) is 5.92 Å². The summed E-state index contributed by atoms with van der Waals surface area (Å²) in [5.74, 6) is 1.37. The van der Waals surface area contributed by atoms with E-state index in [1.165, 1.54) is 18.4 Å². The van der Waals surface area contributed by atoms with Crippen LogP contribution in [-0.4, -0.2) is 9.78 Å². The molecule has 1 aromatic carbocycles. The van der Waals surface area contributed by atoms with E-state index in [1.807, 2.05) is 10.7 Å². The van der Waals surface area contributed by atoms with Gasteiger partial charge in [-0.25, -0.2) is 4.68 Å². The van der Waals surface area contributed by atoms with Crippen LogP contribution in [-0.2, 0) is 0 Å². The Morgan fingerprint density at radius 2 is 1.88 bits per heavy atom. The fraction of sp³-hybridized carbons (Fsp3) is 0.308. The van der Waals surface area contributed by atoms with E-state index in [4.69, 9.17) is 5.73 Å². The van der Waals surface area contributed by atoms with Crippen LogP contribution >= 0.6 is 12.4 Å². The molecular formula is C13H16ClN3. The van der Waals surface area contributed by atoms with E-state index in [9.17, 15) is 0 Å². The van der Waals surface area contributed by atoms with Crippen molar-refractivity contribution in [1.82, 2.24) is 9.78 Å². The minimum atomic E-state index is 0. The van der Waals surface area contributed by atoms with Gasteiger partial charge in [0.15, 0.2) is 0 Å². The summed E-state index contributed by atoms with van der Waals surface area (Å²) in [4.78, 5) is 0. The number of nitrogen functional groups attached to an aromatic ring is 1. The molecule has 1 aromatic heterocycles. The molecule has 90 valence electrons. The maximum absolute atomic E-state index is 5.98. The highest BCUT2D eigenvalue weighted by Crippen LogP contribution is 2.40. The van der Waals surface area contributed by atoms with Gasteiger partial charge < -0.3 is 5.73 Å². The van der Waals surface area contributed by atoms with E-state index in [0.717, 1.165) is 17.2 Å². The molecule has 1 aliphatic carbocycles. The molecule has 0 spiro atoms. The van der Waals surface area contributed by atoms with Crippen LogP contribution in [0.4, 0.5) is 5.82 Å². The fourth-order valence-electron chi connectivity index (χ4n) is 1.89.